The Balaban J connectivity index is 1.91. The fourth-order valence-corrected chi connectivity index (χ4v) is 3.15. The Hall–Kier alpha value is -1.73. The van der Waals surface area contributed by atoms with E-state index in [0.29, 0.717) is 23.5 Å². The predicted molar refractivity (Wildman–Crippen MR) is 75.1 cm³/mol. The number of hydrogen-bond acceptors (Lipinski definition) is 5. The van der Waals surface area contributed by atoms with Crippen LogP contribution in [0.4, 0.5) is 16.2 Å². The van der Waals surface area contributed by atoms with Crippen LogP contribution in [0, 0.1) is 0 Å². The molecule has 0 radical (unpaired) electrons. The first-order chi connectivity index (χ1) is 9.69. The Kier molecular flexibility index (Phi) is 3.54. The largest absolute Gasteiger partial charge is 0.447 e. The van der Waals surface area contributed by atoms with Gasteiger partial charge in [0.1, 0.15) is 6.61 Å². The molecular weight excluding hydrogens is 280 g/mol. The van der Waals surface area contributed by atoms with E-state index in [9.17, 15) is 9.59 Å². The van der Waals surface area contributed by atoms with Gasteiger partial charge in [-0.3, -0.25) is 9.69 Å². The number of ether oxygens (including phenoxy) is 1. The highest BCUT2D eigenvalue weighted by molar-refractivity contribution is 8.00. The van der Waals surface area contributed by atoms with E-state index in [0.717, 1.165) is 4.90 Å². The summed E-state index contributed by atoms with van der Waals surface area (Å²) in [5, 5.41) is 11.8. The molecule has 6 nitrogen and oxygen atoms in total. The number of nitrogens with zero attached hydrogens (tertiary/aromatic N) is 1. The number of aliphatic hydroxyl groups excluding tert-OH is 1. The standard InChI is InChI=1S/C13H14N2O4S/c16-4-3-9-6-19-13(18)15(9)8-1-2-11-10(5-8)14-12(17)7-20-11/h1-2,5,9,16H,3-4,6-7H2,(H,14,17)/t9-/m0/s1. The SMILES string of the molecule is O=C1CSc2ccc(N3C(=O)OC[C@@H]3CCO)cc2N1. The number of benzene rings is 1. The van der Waals surface area contributed by atoms with Crippen LogP contribution in [0.5, 0.6) is 0 Å². The average Bonchev–Trinajstić information content (AvgIpc) is 2.79. The van der Waals surface area contributed by atoms with Crippen LogP contribution in [0.2, 0.25) is 0 Å². The second-order valence-electron chi connectivity index (χ2n) is 4.63. The number of thioether (sulfide) groups is 1. The highest BCUT2D eigenvalue weighted by Gasteiger charge is 2.34. The molecule has 3 rings (SSSR count). The number of carbonyl (C=O) groups is 2. The number of hydrogen-bond donors (Lipinski definition) is 2. The minimum atomic E-state index is -0.418. The molecule has 2 amide bonds. The van der Waals surface area contributed by atoms with E-state index in [4.69, 9.17) is 9.84 Å². The smallest absolute Gasteiger partial charge is 0.414 e. The Bertz CT molecular complexity index is 563. The number of nitrogens with one attached hydrogen (secondary N) is 1. The molecule has 1 atom stereocenters. The molecule has 7 heteroatoms. The number of cyclic esters (lactones) is 1. The van der Waals surface area contributed by atoms with Gasteiger partial charge in [0, 0.05) is 17.2 Å². The van der Waals surface area contributed by atoms with Crippen molar-refractivity contribution in [3.63, 3.8) is 0 Å². The van der Waals surface area contributed by atoms with Crippen molar-refractivity contribution >= 4 is 35.1 Å². The topological polar surface area (TPSA) is 78.9 Å². The van der Waals surface area contributed by atoms with Crippen molar-refractivity contribution in [2.24, 2.45) is 0 Å². The maximum atomic E-state index is 11.8. The molecule has 106 valence electrons. The molecule has 2 aliphatic heterocycles. The van der Waals surface area contributed by atoms with Crippen LogP contribution in [0.3, 0.4) is 0 Å². The molecule has 0 aromatic heterocycles. The summed E-state index contributed by atoms with van der Waals surface area (Å²) in [5.41, 5.74) is 1.39. The molecule has 1 aromatic carbocycles. The van der Waals surface area contributed by atoms with Crippen LogP contribution in [0.25, 0.3) is 0 Å². The Morgan fingerprint density at radius 3 is 3.10 bits per heavy atom. The van der Waals surface area contributed by atoms with Crippen LogP contribution in [0.15, 0.2) is 23.1 Å². The minimum absolute atomic E-state index is 0.00463. The number of anilines is 2. The first-order valence-corrected chi connectivity index (χ1v) is 7.31. The minimum Gasteiger partial charge on any atom is -0.447 e. The van der Waals surface area contributed by atoms with Crippen LogP contribution in [-0.4, -0.2) is 42.1 Å². The molecule has 0 bridgehead atoms. The predicted octanol–water partition coefficient (Wildman–Crippen LogP) is 1.44. The molecule has 2 aliphatic rings. The van der Waals surface area contributed by atoms with Gasteiger partial charge in [0.25, 0.3) is 0 Å². The number of amides is 2. The van der Waals surface area contributed by atoms with E-state index in [1.807, 2.05) is 12.1 Å². The fraction of sp³-hybridized carbons (Fsp3) is 0.385. The van der Waals surface area contributed by atoms with Crippen molar-refractivity contribution in [1.29, 1.82) is 0 Å². The summed E-state index contributed by atoms with van der Waals surface area (Å²) >= 11 is 1.47. The van der Waals surface area contributed by atoms with Gasteiger partial charge in [0.2, 0.25) is 5.91 Å². The summed E-state index contributed by atoms with van der Waals surface area (Å²) in [6.07, 6.45) is 0.0439. The Labute approximate surface area is 120 Å². The molecule has 1 saturated heterocycles. The first kappa shape index (κ1) is 13.3. The zero-order valence-corrected chi connectivity index (χ0v) is 11.5. The summed E-state index contributed by atoms with van der Waals surface area (Å²) in [6, 6.07) is 5.32. The van der Waals surface area contributed by atoms with Crippen LogP contribution < -0.4 is 10.2 Å². The van der Waals surface area contributed by atoms with E-state index in [1.54, 1.807) is 6.07 Å². The van der Waals surface area contributed by atoms with E-state index in [-0.39, 0.29) is 25.2 Å². The Morgan fingerprint density at radius 2 is 2.30 bits per heavy atom. The van der Waals surface area contributed by atoms with Gasteiger partial charge in [-0.15, -0.1) is 11.8 Å². The van der Waals surface area contributed by atoms with Gasteiger partial charge in [-0.1, -0.05) is 0 Å². The second kappa shape index (κ2) is 5.34. The fourth-order valence-electron chi connectivity index (χ4n) is 2.36. The zero-order chi connectivity index (χ0) is 14.1. The molecule has 1 fully saturated rings. The van der Waals surface area contributed by atoms with Gasteiger partial charge in [-0.05, 0) is 24.6 Å². The third-order valence-corrected chi connectivity index (χ3v) is 4.37. The summed E-state index contributed by atoms with van der Waals surface area (Å²) in [6.45, 7) is 0.271. The maximum Gasteiger partial charge on any atom is 0.414 e. The quantitative estimate of drug-likeness (QED) is 0.882. The van der Waals surface area contributed by atoms with Gasteiger partial charge in [-0.25, -0.2) is 4.79 Å². The third kappa shape index (κ3) is 2.34. The molecule has 20 heavy (non-hydrogen) atoms. The normalized spacial score (nSPS) is 21.4. The number of rotatable bonds is 3. The summed E-state index contributed by atoms with van der Waals surface area (Å²) < 4.78 is 5.03. The molecular formula is C13H14N2O4S. The van der Waals surface area contributed by atoms with Crippen molar-refractivity contribution in [2.75, 3.05) is 29.2 Å². The second-order valence-corrected chi connectivity index (χ2v) is 5.65. The average molecular weight is 294 g/mol. The van der Waals surface area contributed by atoms with Crippen molar-refractivity contribution in [3.8, 4) is 0 Å². The van der Waals surface area contributed by atoms with E-state index in [2.05, 4.69) is 5.32 Å². The van der Waals surface area contributed by atoms with Gasteiger partial charge in [0.05, 0.1) is 17.5 Å². The molecule has 0 aliphatic carbocycles. The van der Waals surface area contributed by atoms with Crippen molar-refractivity contribution in [3.05, 3.63) is 18.2 Å². The lowest BCUT2D eigenvalue weighted by Gasteiger charge is -2.23. The molecule has 2 heterocycles. The summed E-state index contributed by atoms with van der Waals surface area (Å²) in [7, 11) is 0. The molecule has 0 saturated carbocycles. The number of fused-ring (bicyclic) bond motifs is 1. The van der Waals surface area contributed by atoms with Gasteiger partial charge in [0.15, 0.2) is 0 Å². The lowest BCUT2D eigenvalue weighted by atomic mass is 10.1. The van der Waals surface area contributed by atoms with Crippen molar-refractivity contribution in [1.82, 2.24) is 0 Å². The first-order valence-electron chi connectivity index (χ1n) is 6.32. The van der Waals surface area contributed by atoms with E-state index in [1.165, 1.54) is 16.7 Å². The lowest BCUT2D eigenvalue weighted by molar-refractivity contribution is -0.113. The molecule has 0 spiro atoms. The summed E-state index contributed by atoms with van der Waals surface area (Å²) in [4.78, 5) is 25.8. The zero-order valence-electron chi connectivity index (χ0n) is 10.7. The molecule has 2 N–H and O–H groups in total. The maximum absolute atomic E-state index is 11.8. The molecule has 1 aromatic rings. The van der Waals surface area contributed by atoms with E-state index < -0.39 is 6.09 Å². The van der Waals surface area contributed by atoms with Crippen LogP contribution >= 0.6 is 11.8 Å². The highest BCUT2D eigenvalue weighted by atomic mass is 32.2. The van der Waals surface area contributed by atoms with Crippen LogP contribution in [-0.2, 0) is 9.53 Å². The third-order valence-electron chi connectivity index (χ3n) is 3.30. The lowest BCUT2D eigenvalue weighted by Crippen LogP contribution is -2.34. The highest BCUT2D eigenvalue weighted by Crippen LogP contribution is 2.36. The monoisotopic (exact) mass is 294 g/mol. The van der Waals surface area contributed by atoms with Crippen molar-refractivity contribution in [2.45, 2.75) is 17.4 Å². The van der Waals surface area contributed by atoms with Gasteiger partial charge < -0.3 is 15.2 Å². The van der Waals surface area contributed by atoms with Gasteiger partial charge in [-0.2, -0.15) is 0 Å². The van der Waals surface area contributed by atoms with Gasteiger partial charge >= 0.3 is 6.09 Å². The number of carbonyl (C=O) groups excluding carboxylic acids is 2. The van der Waals surface area contributed by atoms with Crippen molar-refractivity contribution < 1.29 is 19.4 Å². The Morgan fingerprint density at radius 1 is 1.45 bits per heavy atom. The van der Waals surface area contributed by atoms with Crippen LogP contribution in [0.1, 0.15) is 6.42 Å². The van der Waals surface area contributed by atoms with E-state index >= 15 is 0 Å². The molecule has 0 unspecified atom stereocenters. The number of aliphatic hydroxyl groups is 1. The summed E-state index contributed by atoms with van der Waals surface area (Å²) in [5.74, 6) is 0.362.